The molecule has 1 heterocycles. The van der Waals surface area contributed by atoms with E-state index in [1.165, 1.54) is 6.26 Å². The van der Waals surface area contributed by atoms with Gasteiger partial charge < -0.3 is 4.74 Å². The summed E-state index contributed by atoms with van der Waals surface area (Å²) in [6.07, 6.45) is 1.21. The van der Waals surface area contributed by atoms with E-state index >= 15 is 0 Å². The van der Waals surface area contributed by atoms with Gasteiger partial charge in [-0.3, -0.25) is 0 Å². The standard InChI is InChI=1S/C10H8F4OS/c1-16-10(13,14)9(5-15-9)7-3-2-6(11)4-8(7)12/h2-4H,5H2,1H3. The minimum Gasteiger partial charge on any atom is -0.357 e. The lowest BCUT2D eigenvalue weighted by Crippen LogP contribution is -2.32. The van der Waals surface area contributed by atoms with Gasteiger partial charge in [0.05, 0.1) is 6.61 Å². The van der Waals surface area contributed by atoms with Crippen LogP contribution in [0.1, 0.15) is 5.56 Å². The minimum atomic E-state index is -3.23. The van der Waals surface area contributed by atoms with Crippen LogP contribution in [0.2, 0.25) is 0 Å². The molecule has 1 aliphatic rings. The molecular formula is C10H8F4OS. The van der Waals surface area contributed by atoms with Crippen LogP contribution in [0.4, 0.5) is 17.6 Å². The Morgan fingerprint density at radius 3 is 2.44 bits per heavy atom. The minimum absolute atomic E-state index is 0.261. The van der Waals surface area contributed by atoms with Gasteiger partial charge in [-0.2, -0.15) is 8.78 Å². The molecule has 1 aromatic rings. The Labute approximate surface area is 93.8 Å². The normalized spacial score (nSPS) is 24.6. The van der Waals surface area contributed by atoms with Crippen LogP contribution in [0.15, 0.2) is 18.2 Å². The van der Waals surface area contributed by atoms with Crippen molar-refractivity contribution in [3.8, 4) is 0 Å². The van der Waals surface area contributed by atoms with E-state index < -0.39 is 22.5 Å². The average molecular weight is 252 g/mol. The summed E-state index contributed by atoms with van der Waals surface area (Å²) in [5.41, 5.74) is -2.24. The molecule has 0 bridgehead atoms. The quantitative estimate of drug-likeness (QED) is 0.605. The van der Waals surface area contributed by atoms with Crippen molar-refractivity contribution in [2.75, 3.05) is 12.9 Å². The Kier molecular flexibility index (Phi) is 2.66. The Bertz CT molecular complexity index is 417. The van der Waals surface area contributed by atoms with E-state index in [1.54, 1.807) is 0 Å². The van der Waals surface area contributed by atoms with Crippen LogP contribution in [0, 0.1) is 11.6 Å². The average Bonchev–Trinajstić information content (AvgIpc) is 2.99. The van der Waals surface area contributed by atoms with Gasteiger partial charge in [0.15, 0.2) is 5.60 Å². The van der Waals surface area contributed by atoms with Gasteiger partial charge in [-0.1, -0.05) is 11.8 Å². The van der Waals surface area contributed by atoms with Crippen LogP contribution in [-0.4, -0.2) is 18.1 Å². The Balaban J connectivity index is 2.45. The molecule has 16 heavy (non-hydrogen) atoms. The molecule has 1 nitrogen and oxygen atoms in total. The van der Waals surface area contributed by atoms with E-state index in [2.05, 4.69) is 0 Å². The summed E-state index contributed by atoms with van der Waals surface area (Å²) in [5, 5.41) is -3.23. The van der Waals surface area contributed by atoms with Crippen LogP contribution < -0.4 is 0 Å². The Morgan fingerprint density at radius 2 is 2.00 bits per heavy atom. The monoisotopic (exact) mass is 252 g/mol. The van der Waals surface area contributed by atoms with Gasteiger partial charge in [-0.25, -0.2) is 8.78 Å². The van der Waals surface area contributed by atoms with E-state index in [4.69, 9.17) is 4.74 Å². The predicted octanol–water partition coefficient (Wildman–Crippen LogP) is 3.15. The van der Waals surface area contributed by atoms with Crippen molar-refractivity contribution in [2.24, 2.45) is 0 Å². The lowest BCUT2D eigenvalue weighted by molar-refractivity contribution is 0.00818. The van der Waals surface area contributed by atoms with E-state index in [0.717, 1.165) is 12.1 Å². The van der Waals surface area contributed by atoms with Crippen LogP contribution >= 0.6 is 11.8 Å². The molecule has 1 saturated heterocycles. The number of hydrogen-bond donors (Lipinski definition) is 0. The zero-order chi connectivity index (χ0) is 12.0. The first-order valence-electron chi connectivity index (χ1n) is 4.45. The lowest BCUT2D eigenvalue weighted by atomic mass is 9.99. The van der Waals surface area contributed by atoms with Crippen LogP contribution in [0.5, 0.6) is 0 Å². The highest BCUT2D eigenvalue weighted by atomic mass is 32.2. The molecule has 0 radical (unpaired) electrons. The zero-order valence-corrected chi connectivity index (χ0v) is 9.08. The van der Waals surface area contributed by atoms with Crippen LogP contribution in [-0.2, 0) is 10.3 Å². The first-order chi connectivity index (χ1) is 7.43. The highest BCUT2D eigenvalue weighted by molar-refractivity contribution is 7.99. The maximum absolute atomic E-state index is 13.5. The third kappa shape index (κ3) is 1.60. The SMILES string of the molecule is CSC(F)(F)C1(c2ccc(F)cc2F)CO1. The van der Waals surface area contributed by atoms with Gasteiger partial charge in [-0.05, 0) is 18.4 Å². The molecule has 2 rings (SSSR count). The molecule has 0 saturated carbocycles. The molecule has 0 amide bonds. The van der Waals surface area contributed by atoms with Crippen LogP contribution in [0.25, 0.3) is 0 Å². The van der Waals surface area contributed by atoms with Gasteiger partial charge in [0.2, 0.25) is 0 Å². The Hall–Kier alpha value is -0.750. The molecule has 6 heteroatoms. The van der Waals surface area contributed by atoms with E-state index in [-0.39, 0.29) is 23.9 Å². The van der Waals surface area contributed by atoms with E-state index in [0.29, 0.717) is 6.07 Å². The number of halogens is 4. The van der Waals surface area contributed by atoms with E-state index in [1.807, 2.05) is 0 Å². The first kappa shape index (κ1) is 11.7. The maximum Gasteiger partial charge on any atom is 0.328 e. The largest absolute Gasteiger partial charge is 0.357 e. The molecule has 0 spiro atoms. The summed E-state index contributed by atoms with van der Waals surface area (Å²) >= 11 is 0.286. The van der Waals surface area contributed by atoms with Gasteiger partial charge in [0.25, 0.3) is 0 Å². The van der Waals surface area contributed by atoms with Crippen molar-refractivity contribution in [3.05, 3.63) is 35.4 Å². The molecular weight excluding hydrogens is 244 g/mol. The first-order valence-corrected chi connectivity index (χ1v) is 5.68. The highest BCUT2D eigenvalue weighted by Crippen LogP contribution is 2.55. The fourth-order valence-corrected chi connectivity index (χ4v) is 2.09. The second-order valence-electron chi connectivity index (χ2n) is 3.46. The number of alkyl halides is 2. The smallest absolute Gasteiger partial charge is 0.328 e. The van der Waals surface area contributed by atoms with Crippen molar-refractivity contribution >= 4 is 11.8 Å². The number of benzene rings is 1. The van der Waals surface area contributed by atoms with Crippen molar-refractivity contribution in [3.63, 3.8) is 0 Å². The maximum atomic E-state index is 13.5. The molecule has 0 N–H and O–H groups in total. The molecule has 1 unspecified atom stereocenters. The summed E-state index contributed by atoms with van der Waals surface area (Å²) in [5.74, 6) is -1.81. The number of thioether (sulfide) groups is 1. The number of rotatable bonds is 3. The topological polar surface area (TPSA) is 12.5 Å². The van der Waals surface area contributed by atoms with Crippen molar-refractivity contribution in [1.82, 2.24) is 0 Å². The highest BCUT2D eigenvalue weighted by Gasteiger charge is 2.66. The molecule has 1 aromatic carbocycles. The van der Waals surface area contributed by atoms with Gasteiger partial charge in [0, 0.05) is 11.6 Å². The molecule has 0 aromatic heterocycles. The predicted molar refractivity (Wildman–Crippen MR) is 52.5 cm³/mol. The van der Waals surface area contributed by atoms with Gasteiger partial charge in [0.1, 0.15) is 11.6 Å². The van der Waals surface area contributed by atoms with Crippen LogP contribution in [0.3, 0.4) is 0 Å². The second-order valence-corrected chi connectivity index (χ2v) is 4.38. The van der Waals surface area contributed by atoms with E-state index in [9.17, 15) is 17.6 Å². The number of ether oxygens (including phenoxy) is 1. The van der Waals surface area contributed by atoms with Gasteiger partial charge in [-0.15, -0.1) is 0 Å². The molecule has 1 aliphatic heterocycles. The molecule has 1 fully saturated rings. The zero-order valence-electron chi connectivity index (χ0n) is 8.27. The summed E-state index contributed by atoms with van der Waals surface area (Å²) in [6, 6.07) is 2.52. The molecule has 88 valence electrons. The third-order valence-electron chi connectivity index (χ3n) is 2.53. The van der Waals surface area contributed by atoms with Crippen molar-refractivity contribution in [2.45, 2.75) is 10.9 Å². The Morgan fingerprint density at radius 1 is 1.38 bits per heavy atom. The fraction of sp³-hybridized carbons (Fsp3) is 0.400. The van der Waals surface area contributed by atoms with Crippen molar-refractivity contribution in [1.29, 1.82) is 0 Å². The third-order valence-corrected chi connectivity index (χ3v) is 3.37. The number of epoxide rings is 1. The lowest BCUT2D eigenvalue weighted by Gasteiger charge is -2.22. The van der Waals surface area contributed by atoms with Gasteiger partial charge >= 0.3 is 5.25 Å². The second kappa shape index (κ2) is 3.63. The summed E-state index contributed by atoms with van der Waals surface area (Å²) in [4.78, 5) is 0. The van der Waals surface area contributed by atoms with Crippen molar-refractivity contribution < 1.29 is 22.3 Å². The number of hydrogen-bond acceptors (Lipinski definition) is 2. The molecule has 0 aliphatic carbocycles. The summed E-state index contributed by atoms with van der Waals surface area (Å²) in [7, 11) is 0. The summed E-state index contributed by atoms with van der Waals surface area (Å²) < 4.78 is 57.9. The fourth-order valence-electron chi connectivity index (χ4n) is 1.53. The molecule has 1 atom stereocenters. The summed E-state index contributed by atoms with van der Waals surface area (Å²) in [6.45, 7) is -0.261.